The van der Waals surface area contributed by atoms with Gasteiger partial charge in [0.15, 0.2) is 0 Å². The van der Waals surface area contributed by atoms with Gasteiger partial charge in [0, 0.05) is 6.08 Å². The van der Waals surface area contributed by atoms with Crippen molar-refractivity contribution in [3.05, 3.63) is 65.6 Å². The fraction of sp³-hybridized carbons (Fsp3) is 0.125. The molecular formula is C16H14N2O2. The van der Waals surface area contributed by atoms with Crippen LogP contribution >= 0.6 is 0 Å². The Kier molecular flexibility index (Phi) is 4.35. The lowest BCUT2D eigenvalue weighted by Crippen LogP contribution is -2.27. The van der Waals surface area contributed by atoms with Crippen molar-refractivity contribution in [3.8, 4) is 6.07 Å². The summed E-state index contributed by atoms with van der Waals surface area (Å²) in [5.41, 5.74) is 0.999. The molecule has 2 rings (SSSR count). The van der Waals surface area contributed by atoms with Crippen LogP contribution in [0.4, 0.5) is 0 Å². The van der Waals surface area contributed by atoms with E-state index >= 15 is 0 Å². The fourth-order valence-electron chi connectivity index (χ4n) is 1.76. The average molecular weight is 266 g/mol. The number of carbonyl (C=O) groups is 1. The van der Waals surface area contributed by atoms with E-state index in [4.69, 9.17) is 9.68 Å². The molecule has 0 aliphatic heterocycles. The van der Waals surface area contributed by atoms with Crippen LogP contribution in [0.3, 0.4) is 0 Å². The van der Waals surface area contributed by atoms with Gasteiger partial charge in [-0.1, -0.05) is 30.3 Å². The first kappa shape index (κ1) is 13.6. The maximum absolute atomic E-state index is 12.0. The first-order valence-corrected chi connectivity index (χ1v) is 6.22. The second kappa shape index (κ2) is 6.39. The first-order valence-electron chi connectivity index (χ1n) is 6.22. The van der Waals surface area contributed by atoms with E-state index in [1.807, 2.05) is 43.3 Å². The minimum atomic E-state index is -0.416. The summed E-state index contributed by atoms with van der Waals surface area (Å²) in [6, 6.07) is 14.7. The van der Waals surface area contributed by atoms with Gasteiger partial charge in [0.05, 0.1) is 12.3 Å². The van der Waals surface area contributed by atoms with Gasteiger partial charge in [0.25, 0.3) is 5.91 Å². The maximum Gasteiger partial charge on any atom is 0.262 e. The molecule has 0 saturated heterocycles. The Hall–Kier alpha value is -2.80. The molecule has 1 N–H and O–H groups in total. The largest absolute Gasteiger partial charge is 0.465 e. The third-order valence-corrected chi connectivity index (χ3v) is 2.84. The van der Waals surface area contributed by atoms with Gasteiger partial charge in [-0.15, -0.1) is 0 Å². The van der Waals surface area contributed by atoms with Gasteiger partial charge >= 0.3 is 0 Å². The minimum Gasteiger partial charge on any atom is -0.465 e. The molecule has 20 heavy (non-hydrogen) atoms. The summed E-state index contributed by atoms with van der Waals surface area (Å²) in [6.45, 7) is 1.87. The molecule has 0 aliphatic carbocycles. The zero-order valence-corrected chi connectivity index (χ0v) is 11.0. The standard InChI is InChI=1S/C16H14N2O2/c1-12(13-6-3-2-4-7-13)18-16(19)14(11-17)10-15-8-5-9-20-15/h2-10,12H,1H3,(H,18,19)/b14-10-/t12-/m0/s1. The number of furan rings is 1. The molecule has 0 radical (unpaired) electrons. The van der Waals surface area contributed by atoms with E-state index in [1.165, 1.54) is 12.3 Å². The number of nitrogens with zero attached hydrogens (tertiary/aromatic N) is 1. The number of rotatable bonds is 4. The van der Waals surface area contributed by atoms with Crippen LogP contribution in [0.2, 0.25) is 0 Å². The molecule has 0 bridgehead atoms. The lowest BCUT2D eigenvalue weighted by Gasteiger charge is -2.13. The van der Waals surface area contributed by atoms with E-state index < -0.39 is 5.91 Å². The summed E-state index contributed by atoms with van der Waals surface area (Å²) in [6.07, 6.45) is 2.92. The van der Waals surface area contributed by atoms with Crippen LogP contribution in [0.25, 0.3) is 6.08 Å². The molecular weight excluding hydrogens is 252 g/mol. The lowest BCUT2D eigenvalue weighted by atomic mass is 10.1. The Bertz CT molecular complexity index is 637. The Morgan fingerprint density at radius 3 is 2.65 bits per heavy atom. The van der Waals surface area contributed by atoms with Crippen LogP contribution in [0.1, 0.15) is 24.3 Å². The summed E-state index contributed by atoms with van der Waals surface area (Å²) in [5, 5.41) is 11.8. The van der Waals surface area contributed by atoms with Crippen LogP contribution in [0.5, 0.6) is 0 Å². The first-order chi connectivity index (χ1) is 9.70. The Labute approximate surface area is 117 Å². The zero-order valence-electron chi connectivity index (χ0n) is 11.0. The molecule has 0 unspecified atom stereocenters. The van der Waals surface area contributed by atoms with Gasteiger partial charge in [-0.05, 0) is 24.6 Å². The number of hydrogen-bond donors (Lipinski definition) is 1. The van der Waals surface area contributed by atoms with Gasteiger partial charge in [-0.25, -0.2) is 0 Å². The number of nitrogens with one attached hydrogen (secondary N) is 1. The summed E-state index contributed by atoms with van der Waals surface area (Å²) < 4.78 is 5.10. The molecule has 1 aromatic carbocycles. The van der Waals surface area contributed by atoms with Crippen molar-refractivity contribution >= 4 is 12.0 Å². The van der Waals surface area contributed by atoms with Crippen molar-refractivity contribution in [1.82, 2.24) is 5.32 Å². The van der Waals surface area contributed by atoms with E-state index in [9.17, 15) is 4.79 Å². The second-order valence-electron chi connectivity index (χ2n) is 4.29. The van der Waals surface area contributed by atoms with E-state index in [0.717, 1.165) is 5.56 Å². The normalized spacial score (nSPS) is 12.5. The molecule has 0 spiro atoms. The van der Waals surface area contributed by atoms with Crippen LogP contribution < -0.4 is 5.32 Å². The van der Waals surface area contributed by atoms with Crippen molar-refractivity contribution < 1.29 is 9.21 Å². The second-order valence-corrected chi connectivity index (χ2v) is 4.29. The highest BCUT2D eigenvalue weighted by molar-refractivity contribution is 6.01. The number of nitriles is 1. The van der Waals surface area contributed by atoms with Crippen molar-refractivity contribution in [2.75, 3.05) is 0 Å². The summed E-state index contributed by atoms with van der Waals surface area (Å²) in [5.74, 6) is 0.0596. The highest BCUT2D eigenvalue weighted by Crippen LogP contribution is 2.13. The lowest BCUT2D eigenvalue weighted by molar-refractivity contribution is -0.117. The van der Waals surface area contributed by atoms with Gasteiger partial charge in [0.2, 0.25) is 0 Å². The topological polar surface area (TPSA) is 66.0 Å². The van der Waals surface area contributed by atoms with Gasteiger partial charge in [0.1, 0.15) is 17.4 Å². The molecule has 4 nitrogen and oxygen atoms in total. The third-order valence-electron chi connectivity index (χ3n) is 2.84. The molecule has 0 saturated carbocycles. The van der Waals surface area contributed by atoms with Gasteiger partial charge in [-0.2, -0.15) is 5.26 Å². The predicted octanol–water partition coefficient (Wildman–Crippen LogP) is 3.06. The monoisotopic (exact) mass is 266 g/mol. The van der Waals surface area contributed by atoms with Crippen LogP contribution in [0.15, 0.2) is 58.7 Å². The molecule has 1 atom stereocenters. The molecule has 1 aromatic heterocycles. The van der Waals surface area contributed by atoms with E-state index in [2.05, 4.69) is 5.32 Å². The highest BCUT2D eigenvalue weighted by Gasteiger charge is 2.13. The number of hydrogen-bond acceptors (Lipinski definition) is 3. The molecule has 0 aliphatic rings. The molecule has 1 heterocycles. The zero-order chi connectivity index (χ0) is 14.4. The summed E-state index contributed by atoms with van der Waals surface area (Å²) in [4.78, 5) is 12.0. The minimum absolute atomic E-state index is 0.0164. The maximum atomic E-state index is 12.0. The molecule has 1 amide bonds. The third kappa shape index (κ3) is 3.36. The smallest absolute Gasteiger partial charge is 0.262 e. The van der Waals surface area contributed by atoms with Gasteiger partial charge in [-0.3, -0.25) is 4.79 Å². The number of amides is 1. The fourth-order valence-corrected chi connectivity index (χ4v) is 1.76. The summed E-state index contributed by atoms with van der Waals surface area (Å²) in [7, 11) is 0. The van der Waals surface area contributed by atoms with Crippen molar-refractivity contribution in [2.24, 2.45) is 0 Å². The van der Waals surface area contributed by atoms with Crippen molar-refractivity contribution in [3.63, 3.8) is 0 Å². The Morgan fingerprint density at radius 1 is 1.30 bits per heavy atom. The van der Waals surface area contributed by atoms with Crippen molar-refractivity contribution in [2.45, 2.75) is 13.0 Å². The van der Waals surface area contributed by atoms with Gasteiger partial charge < -0.3 is 9.73 Å². The van der Waals surface area contributed by atoms with Crippen LogP contribution in [0, 0.1) is 11.3 Å². The quantitative estimate of drug-likeness (QED) is 0.683. The predicted molar refractivity (Wildman–Crippen MR) is 75.3 cm³/mol. The van der Waals surface area contributed by atoms with E-state index in [0.29, 0.717) is 5.76 Å². The SMILES string of the molecule is C[C@H](NC(=O)/C(C#N)=C\c1ccco1)c1ccccc1. The number of benzene rings is 1. The van der Waals surface area contributed by atoms with Crippen LogP contribution in [-0.2, 0) is 4.79 Å². The van der Waals surface area contributed by atoms with Crippen LogP contribution in [-0.4, -0.2) is 5.91 Å². The average Bonchev–Trinajstić information content (AvgIpc) is 2.98. The Balaban J connectivity index is 2.09. The molecule has 2 aromatic rings. The highest BCUT2D eigenvalue weighted by atomic mass is 16.3. The molecule has 0 fully saturated rings. The van der Waals surface area contributed by atoms with Crippen molar-refractivity contribution in [1.29, 1.82) is 5.26 Å². The van der Waals surface area contributed by atoms with E-state index in [1.54, 1.807) is 12.1 Å². The Morgan fingerprint density at radius 2 is 2.05 bits per heavy atom. The van der Waals surface area contributed by atoms with E-state index in [-0.39, 0.29) is 11.6 Å². The molecule has 4 heteroatoms. The number of carbonyl (C=O) groups excluding carboxylic acids is 1. The molecule has 100 valence electrons. The summed E-state index contributed by atoms with van der Waals surface area (Å²) >= 11 is 0.